The molecule has 0 radical (unpaired) electrons. The molecule has 1 unspecified atom stereocenters. The summed E-state index contributed by atoms with van der Waals surface area (Å²) in [4.78, 5) is 20.4. The molecule has 1 aromatic carbocycles. The zero-order valence-electron chi connectivity index (χ0n) is 20.4. The molecule has 10 nitrogen and oxygen atoms in total. The lowest BCUT2D eigenvalue weighted by molar-refractivity contribution is 0.0250. The number of anilines is 3. The molecule has 0 amide bonds. The van der Waals surface area contributed by atoms with Crippen molar-refractivity contribution in [3.8, 4) is 17.0 Å². The first-order valence-corrected chi connectivity index (χ1v) is 11.9. The lowest BCUT2D eigenvalue weighted by Gasteiger charge is -2.23. The molecule has 186 valence electrons. The minimum Gasteiger partial charge on any atom is -0.492 e. The third-order valence-corrected chi connectivity index (χ3v) is 5.87. The molecule has 0 spiro atoms. The number of hydrogen-bond donors (Lipinski definition) is 3. The molecule has 10 heteroatoms. The van der Waals surface area contributed by atoms with E-state index in [1.54, 1.807) is 12.4 Å². The van der Waals surface area contributed by atoms with E-state index in [0.717, 1.165) is 53.4 Å². The van der Waals surface area contributed by atoms with E-state index >= 15 is 0 Å². The number of para-hydroxylation sites is 1. The number of nitrogens with two attached hydrogens (primary N) is 1. The third-order valence-electron chi connectivity index (χ3n) is 5.87. The van der Waals surface area contributed by atoms with Crippen LogP contribution in [0.4, 0.5) is 17.5 Å². The zero-order valence-corrected chi connectivity index (χ0v) is 20.4. The largest absolute Gasteiger partial charge is 0.492 e. The molecule has 1 fully saturated rings. The van der Waals surface area contributed by atoms with E-state index in [-0.39, 0.29) is 6.10 Å². The Bertz CT molecular complexity index is 1320. The molecule has 0 aliphatic carbocycles. The van der Waals surface area contributed by atoms with Crippen LogP contribution in [0.3, 0.4) is 0 Å². The maximum atomic E-state index is 6.32. The highest BCUT2D eigenvalue weighted by molar-refractivity contribution is 5.98. The summed E-state index contributed by atoms with van der Waals surface area (Å²) in [5.74, 6) is 1.52. The standard InChI is InChI=1S/C26H30N8O2/c1-34(2)11-13-35-18-8-9-29-22(14-18)19-4-3-5-20-24(19)32-26(33-25(20)27)31-17-6-7-21(30-15-17)23-16-28-10-12-36-23/h3-9,14-15,23,28H,10-13,16H2,1-2H3,(H3,27,31,32,33). The molecular weight excluding hydrogens is 456 g/mol. The second-order valence-electron chi connectivity index (χ2n) is 8.82. The van der Waals surface area contributed by atoms with E-state index < -0.39 is 0 Å². The maximum absolute atomic E-state index is 6.32. The summed E-state index contributed by atoms with van der Waals surface area (Å²) in [6.07, 6.45) is 3.44. The Kier molecular flexibility index (Phi) is 7.17. The highest BCUT2D eigenvalue weighted by atomic mass is 16.5. The molecule has 1 aliphatic rings. The number of morpholine rings is 1. The maximum Gasteiger partial charge on any atom is 0.229 e. The van der Waals surface area contributed by atoms with Gasteiger partial charge in [0.1, 0.15) is 24.3 Å². The monoisotopic (exact) mass is 486 g/mol. The molecule has 36 heavy (non-hydrogen) atoms. The molecule has 1 saturated heterocycles. The van der Waals surface area contributed by atoms with E-state index in [9.17, 15) is 0 Å². The van der Waals surface area contributed by atoms with Crippen molar-refractivity contribution in [1.29, 1.82) is 0 Å². The van der Waals surface area contributed by atoms with Gasteiger partial charge in [-0.15, -0.1) is 0 Å². The van der Waals surface area contributed by atoms with Gasteiger partial charge >= 0.3 is 0 Å². The van der Waals surface area contributed by atoms with Crippen LogP contribution in [-0.2, 0) is 4.74 Å². The van der Waals surface area contributed by atoms with Gasteiger partial charge in [-0.1, -0.05) is 12.1 Å². The number of aromatic nitrogens is 4. The van der Waals surface area contributed by atoms with Crippen LogP contribution in [0.15, 0.2) is 54.9 Å². The number of hydrogen-bond acceptors (Lipinski definition) is 10. The number of likely N-dealkylation sites (N-methyl/N-ethyl adjacent to an activating group) is 1. The van der Waals surface area contributed by atoms with Gasteiger partial charge in [0.2, 0.25) is 5.95 Å². The Morgan fingerprint density at radius 3 is 2.86 bits per heavy atom. The van der Waals surface area contributed by atoms with Gasteiger partial charge in [-0.3, -0.25) is 9.97 Å². The van der Waals surface area contributed by atoms with Gasteiger partial charge in [0, 0.05) is 42.8 Å². The van der Waals surface area contributed by atoms with Crippen LogP contribution in [0.25, 0.3) is 22.2 Å². The molecule has 0 bridgehead atoms. The predicted molar refractivity (Wildman–Crippen MR) is 140 cm³/mol. The smallest absolute Gasteiger partial charge is 0.229 e. The summed E-state index contributed by atoms with van der Waals surface area (Å²) in [5.41, 5.74) is 10.3. The van der Waals surface area contributed by atoms with Crippen molar-refractivity contribution >= 4 is 28.4 Å². The summed E-state index contributed by atoms with van der Waals surface area (Å²) in [6.45, 7) is 3.71. The van der Waals surface area contributed by atoms with Crippen LogP contribution in [0, 0.1) is 0 Å². The fourth-order valence-corrected chi connectivity index (χ4v) is 3.99. The van der Waals surface area contributed by atoms with Crippen LogP contribution in [-0.4, -0.2) is 71.8 Å². The van der Waals surface area contributed by atoms with Crippen molar-refractivity contribution in [1.82, 2.24) is 30.2 Å². The molecule has 3 aromatic heterocycles. The Morgan fingerprint density at radius 2 is 2.08 bits per heavy atom. The van der Waals surface area contributed by atoms with Crippen molar-refractivity contribution in [3.63, 3.8) is 0 Å². The van der Waals surface area contributed by atoms with Crippen molar-refractivity contribution in [2.24, 2.45) is 0 Å². The number of nitrogens with one attached hydrogen (secondary N) is 2. The number of nitrogen functional groups attached to an aromatic ring is 1. The molecule has 4 heterocycles. The number of fused-ring (bicyclic) bond motifs is 1. The van der Waals surface area contributed by atoms with Gasteiger partial charge in [-0.25, -0.2) is 4.98 Å². The highest BCUT2D eigenvalue weighted by Gasteiger charge is 2.17. The minimum absolute atomic E-state index is 0.0435. The van der Waals surface area contributed by atoms with Gasteiger partial charge < -0.3 is 30.7 Å². The van der Waals surface area contributed by atoms with E-state index in [0.29, 0.717) is 30.5 Å². The Hall–Kier alpha value is -3.86. The van der Waals surface area contributed by atoms with E-state index in [2.05, 4.69) is 30.5 Å². The summed E-state index contributed by atoms with van der Waals surface area (Å²) < 4.78 is 11.7. The van der Waals surface area contributed by atoms with E-state index in [1.807, 2.05) is 56.6 Å². The molecule has 4 N–H and O–H groups in total. The minimum atomic E-state index is -0.0435. The van der Waals surface area contributed by atoms with Gasteiger partial charge in [-0.05, 0) is 38.4 Å². The van der Waals surface area contributed by atoms with Crippen LogP contribution < -0.4 is 21.1 Å². The second-order valence-corrected chi connectivity index (χ2v) is 8.82. The van der Waals surface area contributed by atoms with Crippen LogP contribution >= 0.6 is 0 Å². The quantitative estimate of drug-likeness (QED) is 0.342. The number of rotatable bonds is 8. The molecule has 0 saturated carbocycles. The normalized spacial score (nSPS) is 15.8. The van der Waals surface area contributed by atoms with Gasteiger partial charge in [0.05, 0.1) is 35.4 Å². The van der Waals surface area contributed by atoms with Crippen molar-refractivity contribution in [2.75, 3.05) is 58.0 Å². The van der Waals surface area contributed by atoms with Crippen LogP contribution in [0.2, 0.25) is 0 Å². The highest BCUT2D eigenvalue weighted by Crippen LogP contribution is 2.31. The van der Waals surface area contributed by atoms with Gasteiger partial charge in [0.25, 0.3) is 0 Å². The number of nitrogens with zero attached hydrogens (tertiary/aromatic N) is 5. The molecule has 5 rings (SSSR count). The van der Waals surface area contributed by atoms with Crippen LogP contribution in [0.1, 0.15) is 11.8 Å². The fraction of sp³-hybridized carbons (Fsp3) is 0.308. The van der Waals surface area contributed by atoms with Crippen molar-refractivity contribution in [2.45, 2.75) is 6.10 Å². The van der Waals surface area contributed by atoms with Gasteiger partial charge in [0.15, 0.2) is 0 Å². The summed E-state index contributed by atoms with van der Waals surface area (Å²) in [7, 11) is 4.03. The molecular formula is C26H30N8O2. The lowest BCUT2D eigenvalue weighted by Crippen LogP contribution is -2.33. The zero-order chi connectivity index (χ0) is 24.9. The Morgan fingerprint density at radius 1 is 1.17 bits per heavy atom. The first kappa shape index (κ1) is 23.9. The third kappa shape index (κ3) is 5.51. The average molecular weight is 487 g/mol. The first-order valence-electron chi connectivity index (χ1n) is 11.9. The van der Waals surface area contributed by atoms with Crippen molar-refractivity contribution < 1.29 is 9.47 Å². The SMILES string of the molecule is CN(C)CCOc1ccnc(-c2cccc3c(N)nc(Nc4ccc(C5CNCCO5)nc4)nc23)c1. The average Bonchev–Trinajstić information content (AvgIpc) is 2.89. The summed E-state index contributed by atoms with van der Waals surface area (Å²) >= 11 is 0. The van der Waals surface area contributed by atoms with E-state index in [4.69, 9.17) is 20.2 Å². The van der Waals surface area contributed by atoms with Crippen LogP contribution in [0.5, 0.6) is 5.75 Å². The van der Waals surface area contributed by atoms with Crippen molar-refractivity contribution in [3.05, 3.63) is 60.6 Å². The number of benzene rings is 1. The van der Waals surface area contributed by atoms with Gasteiger partial charge in [-0.2, -0.15) is 4.98 Å². The first-order chi connectivity index (χ1) is 17.6. The number of ether oxygens (including phenoxy) is 2. The Balaban J connectivity index is 1.41. The predicted octanol–water partition coefficient (Wildman–Crippen LogP) is 3.01. The lowest BCUT2D eigenvalue weighted by atomic mass is 10.1. The molecule has 1 atom stereocenters. The summed E-state index contributed by atoms with van der Waals surface area (Å²) in [6, 6.07) is 13.5. The fourth-order valence-electron chi connectivity index (χ4n) is 3.99. The molecule has 1 aliphatic heterocycles. The second kappa shape index (κ2) is 10.8. The topological polar surface area (TPSA) is 123 Å². The number of pyridine rings is 2. The molecule has 4 aromatic rings. The Labute approximate surface area is 209 Å². The summed E-state index contributed by atoms with van der Waals surface area (Å²) in [5, 5.41) is 7.30. The van der Waals surface area contributed by atoms with E-state index in [1.165, 1.54) is 0 Å².